The Bertz CT molecular complexity index is 599. The number of para-hydroxylation sites is 1. The second kappa shape index (κ2) is 5.09. The summed E-state index contributed by atoms with van der Waals surface area (Å²) in [5.74, 6) is -6.76. The third kappa shape index (κ3) is 2.29. The molecule has 2 aromatic rings. The van der Waals surface area contributed by atoms with Crippen LogP contribution in [0, 0.1) is 23.3 Å². The molecule has 19 heavy (non-hydrogen) atoms. The topological polar surface area (TPSA) is 29.1 Å². The molecular weight excluding hydrogens is 262 g/mol. The van der Waals surface area contributed by atoms with Gasteiger partial charge in [0.15, 0.2) is 29.6 Å². The zero-order valence-electron chi connectivity index (χ0n) is 9.38. The van der Waals surface area contributed by atoms with Crippen LogP contribution < -0.4 is 5.32 Å². The lowest BCUT2D eigenvalue weighted by Gasteiger charge is -2.11. The predicted octanol–water partition coefficient (Wildman–Crippen LogP) is 3.80. The molecule has 0 aliphatic carbocycles. The molecule has 0 spiro atoms. The summed E-state index contributed by atoms with van der Waals surface area (Å²) in [6.45, 7) is 0. The van der Waals surface area contributed by atoms with Gasteiger partial charge in [-0.05, 0) is 12.1 Å². The number of aldehydes is 1. The molecular formula is C13H7F4NO. The van der Waals surface area contributed by atoms with Crippen molar-refractivity contribution < 1.29 is 22.4 Å². The van der Waals surface area contributed by atoms with Crippen LogP contribution in [-0.4, -0.2) is 6.29 Å². The van der Waals surface area contributed by atoms with E-state index in [-0.39, 0.29) is 12.0 Å². The third-order valence-electron chi connectivity index (χ3n) is 2.46. The molecule has 98 valence electrons. The number of anilines is 2. The number of benzene rings is 2. The van der Waals surface area contributed by atoms with E-state index in [0.717, 1.165) is 0 Å². The van der Waals surface area contributed by atoms with E-state index in [1.165, 1.54) is 12.1 Å². The Labute approximate surface area is 105 Å². The molecule has 0 aliphatic heterocycles. The van der Waals surface area contributed by atoms with Crippen molar-refractivity contribution in [2.24, 2.45) is 0 Å². The van der Waals surface area contributed by atoms with Gasteiger partial charge in [-0.1, -0.05) is 18.2 Å². The van der Waals surface area contributed by atoms with Crippen LogP contribution in [0.2, 0.25) is 0 Å². The van der Waals surface area contributed by atoms with Crippen molar-refractivity contribution in [1.82, 2.24) is 0 Å². The zero-order chi connectivity index (χ0) is 14.0. The van der Waals surface area contributed by atoms with Crippen molar-refractivity contribution in [1.29, 1.82) is 0 Å². The standard InChI is InChI=1S/C13H7F4NO/c14-9-8(6-19)10(15)12(17)13(11(9)16)18-7-4-2-1-3-5-7/h1-6,18H. The number of nitrogens with one attached hydrogen (secondary N) is 1. The van der Waals surface area contributed by atoms with Crippen LogP contribution in [0.3, 0.4) is 0 Å². The first-order valence-electron chi connectivity index (χ1n) is 5.19. The van der Waals surface area contributed by atoms with E-state index in [1.54, 1.807) is 18.2 Å². The molecule has 2 rings (SSSR count). The largest absolute Gasteiger partial charge is 0.351 e. The SMILES string of the molecule is O=Cc1c(F)c(F)c(Nc2ccccc2)c(F)c1F. The molecule has 0 atom stereocenters. The summed E-state index contributed by atoms with van der Waals surface area (Å²) in [7, 11) is 0. The molecule has 0 amide bonds. The molecule has 0 aromatic heterocycles. The zero-order valence-corrected chi connectivity index (χ0v) is 9.38. The maximum absolute atomic E-state index is 13.6. The fraction of sp³-hybridized carbons (Fsp3) is 0. The molecule has 0 saturated heterocycles. The highest BCUT2D eigenvalue weighted by atomic mass is 19.2. The molecule has 0 saturated carbocycles. The fourth-order valence-electron chi connectivity index (χ4n) is 1.53. The molecule has 0 bridgehead atoms. The molecule has 0 aliphatic rings. The minimum absolute atomic E-state index is 0.248. The number of rotatable bonds is 3. The number of carbonyl (C=O) groups excluding carboxylic acids is 1. The predicted molar refractivity (Wildman–Crippen MR) is 61.4 cm³/mol. The van der Waals surface area contributed by atoms with Crippen molar-refractivity contribution in [3.63, 3.8) is 0 Å². The summed E-state index contributed by atoms with van der Waals surface area (Å²) < 4.78 is 53.9. The van der Waals surface area contributed by atoms with E-state index in [1.807, 2.05) is 0 Å². The Kier molecular flexibility index (Phi) is 3.50. The minimum atomic E-state index is -1.73. The van der Waals surface area contributed by atoms with E-state index in [0.29, 0.717) is 0 Å². The normalized spacial score (nSPS) is 10.3. The Morgan fingerprint density at radius 1 is 0.842 bits per heavy atom. The van der Waals surface area contributed by atoms with Gasteiger partial charge in [0.25, 0.3) is 0 Å². The van der Waals surface area contributed by atoms with Gasteiger partial charge >= 0.3 is 0 Å². The maximum atomic E-state index is 13.6. The first kappa shape index (κ1) is 13.1. The minimum Gasteiger partial charge on any atom is -0.351 e. The van der Waals surface area contributed by atoms with Gasteiger partial charge in [-0.2, -0.15) is 0 Å². The number of hydrogen-bond donors (Lipinski definition) is 1. The third-order valence-corrected chi connectivity index (χ3v) is 2.46. The van der Waals surface area contributed by atoms with Crippen LogP contribution in [0.1, 0.15) is 10.4 Å². The van der Waals surface area contributed by atoms with Gasteiger partial charge in [-0.15, -0.1) is 0 Å². The quantitative estimate of drug-likeness (QED) is 0.521. The highest BCUT2D eigenvalue weighted by Gasteiger charge is 2.25. The highest BCUT2D eigenvalue weighted by Crippen LogP contribution is 2.29. The van der Waals surface area contributed by atoms with Gasteiger partial charge in [-0.25, -0.2) is 17.6 Å². The van der Waals surface area contributed by atoms with Crippen molar-refractivity contribution in [2.45, 2.75) is 0 Å². The summed E-state index contributed by atoms with van der Waals surface area (Å²) in [4.78, 5) is 10.4. The molecule has 2 aromatic carbocycles. The van der Waals surface area contributed by atoms with E-state index in [4.69, 9.17) is 0 Å². The van der Waals surface area contributed by atoms with Crippen molar-refractivity contribution in [2.75, 3.05) is 5.32 Å². The smallest absolute Gasteiger partial charge is 0.186 e. The number of carbonyl (C=O) groups is 1. The second-order valence-electron chi connectivity index (χ2n) is 3.65. The number of halogens is 4. The Hall–Kier alpha value is -2.37. The monoisotopic (exact) mass is 269 g/mol. The van der Waals surface area contributed by atoms with Crippen LogP contribution >= 0.6 is 0 Å². The van der Waals surface area contributed by atoms with E-state index in [9.17, 15) is 22.4 Å². The average molecular weight is 269 g/mol. The summed E-state index contributed by atoms with van der Waals surface area (Å²) in [5, 5.41) is 2.23. The lowest BCUT2D eigenvalue weighted by atomic mass is 10.1. The Morgan fingerprint density at radius 2 is 1.37 bits per heavy atom. The Balaban J connectivity index is 2.56. The van der Waals surface area contributed by atoms with Crippen molar-refractivity contribution in [3.05, 3.63) is 59.2 Å². The first-order chi connectivity index (χ1) is 9.06. The van der Waals surface area contributed by atoms with Gasteiger partial charge < -0.3 is 5.32 Å². The fourth-order valence-corrected chi connectivity index (χ4v) is 1.53. The van der Waals surface area contributed by atoms with Crippen LogP contribution in [0.15, 0.2) is 30.3 Å². The molecule has 0 heterocycles. The van der Waals surface area contributed by atoms with Crippen LogP contribution in [0.4, 0.5) is 28.9 Å². The van der Waals surface area contributed by atoms with Gasteiger partial charge in [0.05, 0.1) is 5.56 Å². The molecule has 6 heteroatoms. The van der Waals surface area contributed by atoms with Crippen molar-refractivity contribution >= 4 is 17.7 Å². The first-order valence-corrected chi connectivity index (χ1v) is 5.19. The average Bonchev–Trinajstić information content (AvgIpc) is 2.43. The van der Waals surface area contributed by atoms with Gasteiger partial charge in [0, 0.05) is 5.69 Å². The van der Waals surface area contributed by atoms with E-state index in [2.05, 4.69) is 5.32 Å². The summed E-state index contributed by atoms with van der Waals surface area (Å²) in [6.07, 6.45) is -0.275. The second-order valence-corrected chi connectivity index (χ2v) is 3.65. The van der Waals surface area contributed by atoms with Gasteiger partial charge in [-0.3, -0.25) is 4.79 Å². The van der Waals surface area contributed by atoms with Crippen LogP contribution in [-0.2, 0) is 0 Å². The lowest BCUT2D eigenvalue weighted by molar-refractivity contribution is 0.111. The number of hydrogen-bond acceptors (Lipinski definition) is 2. The molecule has 0 fully saturated rings. The van der Waals surface area contributed by atoms with Gasteiger partial charge in [0.1, 0.15) is 5.69 Å². The lowest BCUT2D eigenvalue weighted by Crippen LogP contribution is -2.07. The highest BCUT2D eigenvalue weighted by molar-refractivity contribution is 5.78. The van der Waals surface area contributed by atoms with Crippen LogP contribution in [0.5, 0.6) is 0 Å². The molecule has 0 radical (unpaired) electrons. The summed E-state index contributed by atoms with van der Waals surface area (Å²) >= 11 is 0. The summed E-state index contributed by atoms with van der Waals surface area (Å²) in [5.41, 5.74) is -2.00. The molecule has 0 unspecified atom stereocenters. The van der Waals surface area contributed by atoms with Crippen LogP contribution in [0.25, 0.3) is 0 Å². The van der Waals surface area contributed by atoms with Gasteiger partial charge in [0.2, 0.25) is 0 Å². The Morgan fingerprint density at radius 3 is 1.84 bits per heavy atom. The summed E-state index contributed by atoms with van der Waals surface area (Å²) in [6, 6.07) is 7.73. The van der Waals surface area contributed by atoms with Crippen molar-refractivity contribution in [3.8, 4) is 0 Å². The molecule has 1 N–H and O–H groups in total. The van der Waals surface area contributed by atoms with E-state index >= 15 is 0 Å². The maximum Gasteiger partial charge on any atom is 0.186 e. The van der Waals surface area contributed by atoms with E-state index < -0.39 is 34.5 Å². The molecule has 2 nitrogen and oxygen atoms in total.